The van der Waals surface area contributed by atoms with Gasteiger partial charge >= 0.3 is 0 Å². The summed E-state index contributed by atoms with van der Waals surface area (Å²) in [5.41, 5.74) is 6.36. The predicted octanol–water partition coefficient (Wildman–Crippen LogP) is 4.34. The highest BCUT2D eigenvalue weighted by Crippen LogP contribution is 2.22. The molecule has 2 aromatic carbocycles. The maximum Gasteiger partial charge on any atom is 0.271 e. The minimum atomic E-state index is -0.237. The van der Waals surface area contributed by atoms with Crippen molar-refractivity contribution in [3.05, 3.63) is 71.4 Å². The summed E-state index contributed by atoms with van der Waals surface area (Å²) in [6.07, 6.45) is 9.03. The maximum atomic E-state index is 12.3. The van der Waals surface area contributed by atoms with Crippen molar-refractivity contribution in [3.8, 4) is 12.3 Å². The molecule has 27 heavy (non-hydrogen) atoms. The zero-order chi connectivity index (χ0) is 19.4. The molecule has 0 aliphatic rings. The van der Waals surface area contributed by atoms with Crippen LogP contribution in [-0.4, -0.2) is 16.7 Å². The van der Waals surface area contributed by atoms with Crippen molar-refractivity contribution < 1.29 is 4.79 Å². The molecule has 0 spiro atoms. The van der Waals surface area contributed by atoms with Crippen molar-refractivity contribution >= 4 is 23.0 Å². The van der Waals surface area contributed by atoms with Crippen molar-refractivity contribution in [3.63, 3.8) is 0 Å². The van der Waals surface area contributed by atoms with Crippen LogP contribution in [0.3, 0.4) is 0 Å². The number of rotatable bonds is 4. The molecule has 4 heteroatoms. The van der Waals surface area contributed by atoms with Crippen molar-refractivity contribution in [2.45, 2.75) is 32.7 Å². The maximum absolute atomic E-state index is 12.3. The molecule has 0 saturated carbocycles. The number of para-hydroxylation sites is 1. The van der Waals surface area contributed by atoms with Crippen molar-refractivity contribution in [2.75, 3.05) is 0 Å². The van der Waals surface area contributed by atoms with Gasteiger partial charge in [-0.2, -0.15) is 5.10 Å². The molecule has 1 aromatic heterocycles. The molecule has 0 aliphatic carbocycles. The van der Waals surface area contributed by atoms with E-state index in [4.69, 9.17) is 6.42 Å². The van der Waals surface area contributed by atoms with Crippen LogP contribution < -0.4 is 5.43 Å². The zero-order valence-corrected chi connectivity index (χ0v) is 15.9. The molecule has 0 atom stereocenters. The van der Waals surface area contributed by atoms with E-state index in [-0.39, 0.29) is 11.3 Å². The lowest BCUT2D eigenvalue weighted by atomic mass is 9.87. The summed E-state index contributed by atoms with van der Waals surface area (Å²) < 4.78 is 1.99. The summed E-state index contributed by atoms with van der Waals surface area (Å²) in [5.74, 6) is 2.41. The van der Waals surface area contributed by atoms with Crippen LogP contribution in [0.4, 0.5) is 0 Å². The summed E-state index contributed by atoms with van der Waals surface area (Å²) >= 11 is 0. The van der Waals surface area contributed by atoms with E-state index in [0.29, 0.717) is 12.1 Å². The quantitative estimate of drug-likeness (QED) is 0.421. The average molecular weight is 357 g/mol. The molecule has 0 unspecified atom stereocenters. The van der Waals surface area contributed by atoms with E-state index in [1.54, 1.807) is 6.21 Å². The lowest BCUT2D eigenvalue weighted by Crippen LogP contribution is -2.18. The van der Waals surface area contributed by atoms with E-state index in [9.17, 15) is 4.79 Å². The lowest BCUT2D eigenvalue weighted by molar-refractivity contribution is 0.0955. The fourth-order valence-corrected chi connectivity index (χ4v) is 2.95. The van der Waals surface area contributed by atoms with E-state index in [1.165, 1.54) is 5.56 Å². The number of hydrogen-bond donors (Lipinski definition) is 1. The largest absolute Gasteiger partial charge is 0.335 e. The second-order valence-electron chi connectivity index (χ2n) is 7.46. The van der Waals surface area contributed by atoms with Gasteiger partial charge in [0.25, 0.3) is 5.91 Å². The Hall–Kier alpha value is -3.32. The molecule has 1 N–H and O–H groups in total. The monoisotopic (exact) mass is 357 g/mol. The molecule has 0 bridgehead atoms. The molecular formula is C23H23N3O. The summed E-state index contributed by atoms with van der Waals surface area (Å²) in [4.78, 5) is 12.3. The smallest absolute Gasteiger partial charge is 0.271 e. The van der Waals surface area contributed by atoms with Crippen LogP contribution in [0.5, 0.6) is 0 Å². The van der Waals surface area contributed by atoms with Gasteiger partial charge in [0.2, 0.25) is 0 Å². The van der Waals surface area contributed by atoms with Gasteiger partial charge in [0.15, 0.2) is 0 Å². The Morgan fingerprint density at radius 1 is 1.19 bits per heavy atom. The number of carbonyl (C=O) groups excluding carboxylic acids is 1. The molecule has 3 rings (SSSR count). The first-order valence-corrected chi connectivity index (χ1v) is 8.85. The molecule has 1 heterocycles. The summed E-state index contributed by atoms with van der Waals surface area (Å²) in [6.45, 7) is 6.91. The topological polar surface area (TPSA) is 46.4 Å². The van der Waals surface area contributed by atoms with Crippen LogP contribution in [0.1, 0.15) is 42.3 Å². The lowest BCUT2D eigenvalue weighted by Gasteiger charge is -2.18. The normalized spacial score (nSPS) is 11.6. The van der Waals surface area contributed by atoms with Crippen molar-refractivity contribution in [2.24, 2.45) is 5.10 Å². The Kier molecular flexibility index (Phi) is 5.14. The van der Waals surface area contributed by atoms with Crippen molar-refractivity contribution in [1.82, 2.24) is 9.99 Å². The van der Waals surface area contributed by atoms with Crippen LogP contribution in [-0.2, 0) is 12.0 Å². The Morgan fingerprint density at radius 3 is 2.56 bits per heavy atom. The number of hydrazone groups is 1. The number of nitrogens with zero attached hydrogens (tertiary/aromatic N) is 2. The van der Waals surface area contributed by atoms with Gasteiger partial charge in [-0.25, -0.2) is 5.43 Å². The Labute approximate surface area is 159 Å². The van der Waals surface area contributed by atoms with Gasteiger partial charge in [-0.05, 0) is 29.2 Å². The fourth-order valence-electron chi connectivity index (χ4n) is 2.95. The number of amides is 1. The highest BCUT2D eigenvalue weighted by Gasteiger charge is 2.14. The van der Waals surface area contributed by atoms with Gasteiger partial charge in [0.05, 0.1) is 12.8 Å². The standard InChI is InChI=1S/C23H23N3O/c1-5-14-26-16-18(20-8-6-7-9-21(20)26)15-24-25-22(27)17-10-12-19(13-11-17)23(2,3)4/h1,6-13,15-16H,14H2,2-4H3,(H,25,27)/b24-15-. The van der Waals surface area contributed by atoms with E-state index in [1.807, 2.05) is 59.3 Å². The SMILES string of the molecule is C#CCn1cc(/C=N\NC(=O)c2ccc(C(C)(C)C)cc2)c2ccccc21. The Morgan fingerprint density at radius 2 is 1.89 bits per heavy atom. The van der Waals surface area contributed by atoms with E-state index >= 15 is 0 Å². The van der Waals surface area contributed by atoms with Crippen LogP contribution in [0, 0.1) is 12.3 Å². The van der Waals surface area contributed by atoms with Crippen LogP contribution in [0.2, 0.25) is 0 Å². The Bertz CT molecular complexity index is 1030. The number of nitrogens with one attached hydrogen (secondary N) is 1. The van der Waals surface area contributed by atoms with E-state index < -0.39 is 0 Å². The fraction of sp³-hybridized carbons (Fsp3) is 0.217. The Balaban J connectivity index is 1.75. The summed E-state index contributed by atoms with van der Waals surface area (Å²) in [6, 6.07) is 15.6. The second kappa shape index (κ2) is 7.51. The third kappa shape index (κ3) is 4.09. The third-order valence-electron chi connectivity index (χ3n) is 4.46. The molecule has 4 nitrogen and oxygen atoms in total. The molecular weight excluding hydrogens is 334 g/mol. The number of hydrogen-bond acceptors (Lipinski definition) is 2. The van der Waals surface area contributed by atoms with Crippen LogP contribution >= 0.6 is 0 Å². The molecule has 0 radical (unpaired) electrons. The van der Waals surface area contributed by atoms with E-state index in [0.717, 1.165) is 16.5 Å². The van der Waals surface area contributed by atoms with Gasteiger partial charge in [0, 0.05) is 28.2 Å². The number of carbonyl (C=O) groups is 1. The molecule has 1 amide bonds. The summed E-state index contributed by atoms with van der Waals surface area (Å²) in [5, 5.41) is 5.17. The molecule has 0 saturated heterocycles. The third-order valence-corrected chi connectivity index (χ3v) is 4.46. The number of benzene rings is 2. The molecule has 3 aromatic rings. The van der Waals surface area contributed by atoms with Crippen LogP contribution in [0.15, 0.2) is 59.8 Å². The van der Waals surface area contributed by atoms with Gasteiger partial charge in [0.1, 0.15) is 0 Å². The van der Waals surface area contributed by atoms with Gasteiger partial charge < -0.3 is 4.57 Å². The predicted molar refractivity (Wildman–Crippen MR) is 111 cm³/mol. The van der Waals surface area contributed by atoms with Gasteiger partial charge in [-0.1, -0.05) is 57.0 Å². The minimum Gasteiger partial charge on any atom is -0.335 e. The summed E-state index contributed by atoms with van der Waals surface area (Å²) in [7, 11) is 0. The van der Waals surface area contributed by atoms with E-state index in [2.05, 4.69) is 37.2 Å². The molecule has 0 fully saturated rings. The average Bonchev–Trinajstić information content (AvgIpc) is 2.99. The zero-order valence-electron chi connectivity index (χ0n) is 15.9. The first-order chi connectivity index (χ1) is 12.9. The molecule has 136 valence electrons. The highest BCUT2D eigenvalue weighted by atomic mass is 16.2. The minimum absolute atomic E-state index is 0.0553. The first-order valence-electron chi connectivity index (χ1n) is 8.85. The first kappa shape index (κ1) is 18.5. The van der Waals surface area contributed by atoms with Gasteiger partial charge in [-0.15, -0.1) is 6.42 Å². The number of fused-ring (bicyclic) bond motifs is 1. The highest BCUT2D eigenvalue weighted by molar-refractivity contribution is 6.00. The second-order valence-corrected chi connectivity index (χ2v) is 7.46. The van der Waals surface area contributed by atoms with Gasteiger partial charge in [-0.3, -0.25) is 4.79 Å². The number of aromatic nitrogens is 1. The van der Waals surface area contributed by atoms with Crippen LogP contribution in [0.25, 0.3) is 10.9 Å². The molecule has 0 aliphatic heterocycles. The van der Waals surface area contributed by atoms with Crippen molar-refractivity contribution in [1.29, 1.82) is 0 Å². The number of terminal acetylenes is 1.